The fourth-order valence-electron chi connectivity index (χ4n) is 2.88. The van der Waals surface area contributed by atoms with E-state index in [1.807, 2.05) is 0 Å². The number of aliphatic hydroxyl groups excluding tert-OH is 1. The van der Waals surface area contributed by atoms with Crippen molar-refractivity contribution in [3.05, 3.63) is 0 Å². The van der Waals surface area contributed by atoms with Gasteiger partial charge < -0.3 is 5.11 Å². The topological polar surface area (TPSA) is 23.5 Å². The summed E-state index contributed by atoms with van der Waals surface area (Å²) >= 11 is 0. The van der Waals surface area contributed by atoms with Gasteiger partial charge in [-0.15, -0.1) is 0 Å². The van der Waals surface area contributed by atoms with Crippen LogP contribution < -0.4 is 0 Å². The number of hydrogen-bond acceptors (Lipinski definition) is 2. The minimum atomic E-state index is -0.278. The summed E-state index contributed by atoms with van der Waals surface area (Å²) in [5.74, 6) is 0.645. The zero-order chi connectivity index (χ0) is 8.55. The van der Waals surface area contributed by atoms with Gasteiger partial charge in [-0.05, 0) is 25.2 Å². The van der Waals surface area contributed by atoms with E-state index in [2.05, 4.69) is 4.90 Å². The summed E-state index contributed by atoms with van der Waals surface area (Å²) in [6.45, 7) is 0.452. The third-order valence-corrected chi connectivity index (χ3v) is 3.41. The average molecular weight is 173 g/mol. The minimum Gasteiger partial charge on any atom is -0.395 e. The van der Waals surface area contributed by atoms with Gasteiger partial charge in [-0.25, -0.2) is 4.39 Å². The van der Waals surface area contributed by atoms with E-state index in [0.717, 1.165) is 0 Å². The third-order valence-electron chi connectivity index (χ3n) is 3.41. The zero-order valence-corrected chi connectivity index (χ0v) is 7.25. The van der Waals surface area contributed by atoms with Crippen molar-refractivity contribution >= 4 is 0 Å². The minimum absolute atomic E-state index is 0.209. The van der Waals surface area contributed by atoms with Gasteiger partial charge in [0.25, 0.3) is 0 Å². The average Bonchev–Trinajstić information content (AvgIpc) is 2.64. The largest absolute Gasteiger partial charge is 0.395 e. The highest BCUT2D eigenvalue weighted by Gasteiger charge is 2.44. The Morgan fingerprint density at radius 1 is 1.42 bits per heavy atom. The highest BCUT2D eigenvalue weighted by atomic mass is 19.1. The molecule has 0 aromatic carbocycles. The molecule has 0 spiro atoms. The van der Waals surface area contributed by atoms with Crippen LogP contribution in [-0.4, -0.2) is 41.9 Å². The van der Waals surface area contributed by atoms with Gasteiger partial charge in [-0.3, -0.25) is 4.90 Å². The first-order valence-electron chi connectivity index (χ1n) is 4.79. The van der Waals surface area contributed by atoms with Crippen LogP contribution >= 0.6 is 0 Å². The number of hydrogen-bond donors (Lipinski definition) is 1. The van der Waals surface area contributed by atoms with E-state index in [0.29, 0.717) is 18.5 Å². The summed E-state index contributed by atoms with van der Waals surface area (Å²) in [6, 6.07) is 0.836. The molecule has 12 heavy (non-hydrogen) atoms. The molecule has 1 saturated heterocycles. The van der Waals surface area contributed by atoms with Crippen LogP contribution in [0, 0.1) is 5.92 Å². The molecular weight excluding hydrogens is 157 g/mol. The lowest BCUT2D eigenvalue weighted by Gasteiger charge is -2.33. The van der Waals surface area contributed by atoms with Crippen LogP contribution in [0.4, 0.5) is 4.39 Å². The summed E-state index contributed by atoms with van der Waals surface area (Å²) in [5.41, 5.74) is 0. The Balaban J connectivity index is 2.01. The van der Waals surface area contributed by atoms with Crippen molar-refractivity contribution in [1.82, 2.24) is 4.90 Å². The second-order valence-corrected chi connectivity index (χ2v) is 3.90. The molecule has 0 aromatic rings. The lowest BCUT2D eigenvalue weighted by atomic mass is 10.00. The first-order chi connectivity index (χ1) is 5.86. The molecule has 70 valence electrons. The van der Waals surface area contributed by atoms with E-state index >= 15 is 0 Å². The Morgan fingerprint density at radius 3 is 2.92 bits per heavy atom. The molecule has 1 heterocycles. The van der Waals surface area contributed by atoms with Gasteiger partial charge in [0.2, 0.25) is 0 Å². The fraction of sp³-hybridized carbons (Fsp3) is 1.00. The Hall–Kier alpha value is -0.150. The normalized spacial score (nSPS) is 41.0. The van der Waals surface area contributed by atoms with Crippen LogP contribution in [0.25, 0.3) is 0 Å². The van der Waals surface area contributed by atoms with Crippen LogP contribution in [0.3, 0.4) is 0 Å². The second kappa shape index (κ2) is 3.30. The van der Waals surface area contributed by atoms with E-state index < -0.39 is 0 Å². The molecule has 0 aromatic heterocycles. The van der Waals surface area contributed by atoms with Crippen molar-refractivity contribution in [3.63, 3.8) is 0 Å². The molecule has 1 aliphatic heterocycles. The summed E-state index contributed by atoms with van der Waals surface area (Å²) in [7, 11) is 0. The van der Waals surface area contributed by atoms with Gasteiger partial charge in [0.1, 0.15) is 6.67 Å². The van der Waals surface area contributed by atoms with Crippen molar-refractivity contribution in [2.24, 2.45) is 5.92 Å². The smallest absolute Gasteiger partial charge is 0.102 e. The van der Waals surface area contributed by atoms with Crippen LogP contribution in [0.2, 0.25) is 0 Å². The van der Waals surface area contributed by atoms with Crippen molar-refractivity contribution < 1.29 is 9.50 Å². The number of halogens is 1. The van der Waals surface area contributed by atoms with Gasteiger partial charge in [-0.1, -0.05) is 0 Å². The van der Waals surface area contributed by atoms with Crippen molar-refractivity contribution in [3.8, 4) is 0 Å². The van der Waals surface area contributed by atoms with Gasteiger partial charge in [-0.2, -0.15) is 0 Å². The molecule has 1 aliphatic carbocycles. The number of rotatable bonds is 3. The molecule has 0 radical (unpaired) electrons. The maximum atomic E-state index is 12.2. The monoisotopic (exact) mass is 173 g/mol. The van der Waals surface area contributed by atoms with Crippen LogP contribution in [0.1, 0.15) is 19.3 Å². The quantitative estimate of drug-likeness (QED) is 0.682. The van der Waals surface area contributed by atoms with E-state index in [-0.39, 0.29) is 19.3 Å². The number of aliphatic hydroxyl groups is 1. The predicted molar refractivity (Wildman–Crippen MR) is 44.7 cm³/mol. The number of alkyl halides is 1. The van der Waals surface area contributed by atoms with Crippen LogP contribution in [0.15, 0.2) is 0 Å². The predicted octanol–water partition coefficient (Wildman–Crippen LogP) is 0.801. The molecule has 1 saturated carbocycles. The first-order valence-corrected chi connectivity index (χ1v) is 4.79. The Labute approximate surface area is 72.4 Å². The van der Waals surface area contributed by atoms with E-state index in [4.69, 9.17) is 5.11 Å². The highest BCUT2D eigenvalue weighted by Crippen LogP contribution is 2.41. The second-order valence-electron chi connectivity index (χ2n) is 3.90. The molecule has 2 fully saturated rings. The maximum Gasteiger partial charge on any atom is 0.102 e. The zero-order valence-electron chi connectivity index (χ0n) is 7.25. The first kappa shape index (κ1) is 8.45. The van der Waals surface area contributed by atoms with Crippen LogP contribution in [0.5, 0.6) is 0 Å². The lowest BCUT2D eigenvalue weighted by molar-refractivity contribution is 0.0788. The van der Waals surface area contributed by atoms with Gasteiger partial charge in [0.15, 0.2) is 0 Å². The van der Waals surface area contributed by atoms with Crippen molar-refractivity contribution in [2.45, 2.75) is 31.3 Å². The van der Waals surface area contributed by atoms with Crippen LogP contribution in [-0.2, 0) is 0 Å². The molecule has 2 nitrogen and oxygen atoms in total. The molecule has 2 rings (SSSR count). The molecule has 2 bridgehead atoms. The van der Waals surface area contributed by atoms with E-state index in [1.54, 1.807) is 0 Å². The van der Waals surface area contributed by atoms with Gasteiger partial charge >= 0.3 is 0 Å². The molecule has 1 N–H and O–H groups in total. The SMILES string of the molecule is OC[C@H]1[C@H]2CC[C@@H](C2)N1CCF. The fourth-order valence-corrected chi connectivity index (χ4v) is 2.88. The van der Waals surface area contributed by atoms with E-state index in [9.17, 15) is 4.39 Å². The highest BCUT2D eigenvalue weighted by molar-refractivity contribution is 4.98. The number of likely N-dealkylation sites (tertiary alicyclic amines) is 1. The Bertz CT molecular complexity index is 165. The third kappa shape index (κ3) is 1.15. The summed E-state index contributed by atoms with van der Waals surface area (Å²) < 4.78 is 12.2. The van der Waals surface area contributed by atoms with Crippen molar-refractivity contribution in [2.75, 3.05) is 19.8 Å². The lowest BCUT2D eigenvalue weighted by Crippen LogP contribution is -2.44. The van der Waals surface area contributed by atoms with Crippen molar-refractivity contribution in [1.29, 1.82) is 0 Å². The molecule has 3 atom stereocenters. The van der Waals surface area contributed by atoms with Gasteiger partial charge in [0, 0.05) is 18.6 Å². The Kier molecular flexibility index (Phi) is 2.33. The number of fused-ring (bicyclic) bond motifs is 2. The van der Waals surface area contributed by atoms with E-state index in [1.165, 1.54) is 19.3 Å². The number of piperidine rings is 1. The summed E-state index contributed by atoms with van der Waals surface area (Å²) in [5, 5.41) is 9.12. The molecule has 0 amide bonds. The Morgan fingerprint density at radius 2 is 2.25 bits per heavy atom. The molecule has 3 heteroatoms. The summed E-state index contributed by atoms with van der Waals surface area (Å²) in [4.78, 5) is 2.16. The molecule has 0 unspecified atom stereocenters. The maximum absolute atomic E-state index is 12.2. The van der Waals surface area contributed by atoms with Gasteiger partial charge in [0.05, 0.1) is 6.61 Å². The molecule has 2 aliphatic rings. The summed E-state index contributed by atoms with van der Waals surface area (Å²) in [6.07, 6.45) is 3.63. The molecular formula is C9H16FNO. The standard InChI is InChI=1S/C9H16FNO/c10-3-4-11-8-2-1-7(5-8)9(11)6-12/h7-9,12H,1-6H2/t7-,8-,9-/m0/s1. The number of nitrogens with zero attached hydrogens (tertiary/aromatic N) is 1.